The van der Waals surface area contributed by atoms with E-state index < -0.39 is 0 Å². The molecule has 0 spiro atoms. The van der Waals surface area contributed by atoms with Gasteiger partial charge in [-0.15, -0.1) is 0 Å². The Balaban J connectivity index is 2.61. The Hall–Kier alpha value is 0.0384. The molecule has 0 atom stereocenters. The zero-order valence-electron chi connectivity index (χ0n) is 2.76. The van der Waals surface area contributed by atoms with Gasteiger partial charge in [-0.25, -0.2) is 0 Å². The van der Waals surface area contributed by atoms with Gasteiger partial charge in [0.25, 0.3) is 0 Å². The molecule has 1 radical (unpaired) electrons. The molecule has 0 aromatic heterocycles. The third-order valence-corrected chi connectivity index (χ3v) is 1.90. The predicted molar refractivity (Wildman–Crippen MR) is 24.0 cm³/mol. The molecule has 1 aliphatic rings. The first kappa shape index (κ1) is 3.24. The molecule has 0 aliphatic carbocycles. The number of hydrogen-bond acceptors (Lipinski definition) is 0. The zero-order valence-corrected chi connectivity index (χ0v) is 4.63. The second-order valence-electron chi connectivity index (χ2n) is 0.832. The number of allylic oxidation sites excluding steroid dienone is 2. The first-order valence-electron chi connectivity index (χ1n) is 1.52. The van der Waals surface area contributed by atoms with Gasteiger partial charge in [0.1, 0.15) is 0 Å². The fraction of sp³-hybridized carbons (Fsp3) is 0. The third kappa shape index (κ3) is 0.661. The van der Waals surface area contributed by atoms with Crippen LogP contribution in [0.5, 0.6) is 0 Å². The minimum atomic E-state index is 0.493. The van der Waals surface area contributed by atoms with E-state index in [0.29, 0.717) is 15.8 Å². The van der Waals surface area contributed by atoms with Crippen molar-refractivity contribution < 1.29 is 0 Å². The van der Waals surface area contributed by atoms with Gasteiger partial charge in [0.2, 0.25) is 0 Å². The Bertz CT molecular complexity index is 61.7. The second-order valence-corrected chi connectivity index (χ2v) is 2.71. The van der Waals surface area contributed by atoms with Crippen molar-refractivity contribution in [1.82, 2.24) is 0 Å². The molecule has 1 aliphatic heterocycles. The summed E-state index contributed by atoms with van der Waals surface area (Å²) in [4.78, 5) is 4.44. The van der Waals surface area contributed by atoms with E-state index in [-0.39, 0.29) is 0 Å². The van der Waals surface area contributed by atoms with E-state index in [0.717, 1.165) is 0 Å². The van der Waals surface area contributed by atoms with E-state index in [1.54, 1.807) is 0 Å². The predicted octanol–water partition coefficient (Wildman–Crippen LogP) is 0.732. The van der Waals surface area contributed by atoms with Gasteiger partial charge in [-0.05, 0) is 0 Å². The van der Waals surface area contributed by atoms with Crippen molar-refractivity contribution >= 4 is 15.8 Å². The summed E-state index contributed by atoms with van der Waals surface area (Å²) >= 11 is 0.493. The van der Waals surface area contributed by atoms with Crippen LogP contribution in [0.25, 0.3) is 0 Å². The summed E-state index contributed by atoms with van der Waals surface area (Å²) in [7, 11) is 0. The van der Waals surface area contributed by atoms with E-state index in [1.807, 2.05) is 0 Å². The molecule has 0 fully saturated rings. The average Bonchev–Trinajstić information content (AvgIpc) is 1.76. The summed E-state index contributed by atoms with van der Waals surface area (Å²) in [5.41, 5.74) is 0. The van der Waals surface area contributed by atoms with Crippen LogP contribution in [0.15, 0.2) is 21.9 Å². The van der Waals surface area contributed by atoms with Crippen molar-refractivity contribution in [1.29, 1.82) is 0 Å². The molecule has 1 heteroatoms. The molecule has 0 N–H and O–H groups in total. The van der Waals surface area contributed by atoms with Crippen LogP contribution >= 0.6 is 0 Å². The van der Waals surface area contributed by atoms with Crippen LogP contribution in [-0.4, -0.2) is 15.8 Å². The van der Waals surface area contributed by atoms with Crippen LogP contribution in [0.4, 0.5) is 0 Å². The van der Waals surface area contributed by atoms with E-state index in [4.69, 9.17) is 0 Å². The van der Waals surface area contributed by atoms with E-state index in [2.05, 4.69) is 21.9 Å². The normalized spacial score (nSPS) is 17.6. The topological polar surface area (TPSA) is 0 Å². The first-order chi connectivity index (χ1) is 2.50. The van der Waals surface area contributed by atoms with E-state index >= 15 is 0 Å². The standard InChI is InChI=1S/C4H4As/c1-2-4-5-3-1/h1-4H. The minimum absolute atomic E-state index is 0.493. The SMILES string of the molecule is C1=C[As]C=C1. The van der Waals surface area contributed by atoms with Crippen LogP contribution in [0.3, 0.4) is 0 Å². The van der Waals surface area contributed by atoms with Crippen molar-refractivity contribution in [2.45, 2.75) is 0 Å². The van der Waals surface area contributed by atoms with Crippen molar-refractivity contribution in [3.8, 4) is 0 Å². The average molecular weight is 127 g/mol. The summed E-state index contributed by atoms with van der Waals surface area (Å²) in [6.07, 6.45) is 4.19. The zero-order chi connectivity index (χ0) is 3.54. The maximum atomic E-state index is 2.22. The van der Waals surface area contributed by atoms with Gasteiger partial charge in [0.05, 0.1) is 0 Å². The Kier molecular flexibility index (Phi) is 0.951. The molecule has 1 heterocycles. The first-order valence-corrected chi connectivity index (χ1v) is 3.68. The molecule has 0 aromatic rings. The van der Waals surface area contributed by atoms with Crippen LogP contribution in [0.2, 0.25) is 0 Å². The van der Waals surface area contributed by atoms with Crippen molar-refractivity contribution in [3.05, 3.63) is 21.9 Å². The monoisotopic (exact) mass is 127 g/mol. The van der Waals surface area contributed by atoms with Crippen molar-refractivity contribution in [2.24, 2.45) is 0 Å². The van der Waals surface area contributed by atoms with Crippen LogP contribution in [-0.2, 0) is 0 Å². The second kappa shape index (κ2) is 1.47. The van der Waals surface area contributed by atoms with Gasteiger partial charge < -0.3 is 0 Å². The molecule has 0 saturated carbocycles. The molecule has 0 bridgehead atoms. The molecular formula is C4H4As. The number of hydrogen-bond donors (Lipinski definition) is 0. The Morgan fingerprint density at radius 2 is 1.60 bits per heavy atom. The molecule has 5 heavy (non-hydrogen) atoms. The molecular weight excluding hydrogens is 123 g/mol. The maximum absolute atomic E-state index is 2.22. The molecule has 0 saturated heterocycles. The molecule has 0 amide bonds. The van der Waals surface area contributed by atoms with E-state index in [9.17, 15) is 0 Å². The van der Waals surface area contributed by atoms with Crippen LogP contribution < -0.4 is 0 Å². The molecule has 25 valence electrons. The van der Waals surface area contributed by atoms with Crippen LogP contribution in [0.1, 0.15) is 0 Å². The summed E-state index contributed by atoms with van der Waals surface area (Å²) in [6, 6.07) is 0. The van der Waals surface area contributed by atoms with Crippen LogP contribution in [0, 0.1) is 0 Å². The van der Waals surface area contributed by atoms with Crippen molar-refractivity contribution in [2.75, 3.05) is 0 Å². The van der Waals surface area contributed by atoms with Gasteiger partial charge in [0.15, 0.2) is 0 Å². The Labute approximate surface area is 38.3 Å². The fourth-order valence-corrected chi connectivity index (χ4v) is 1.29. The third-order valence-electron chi connectivity index (χ3n) is 0.455. The molecule has 0 unspecified atom stereocenters. The van der Waals surface area contributed by atoms with Gasteiger partial charge in [-0.2, -0.15) is 0 Å². The quantitative estimate of drug-likeness (QED) is 0.421. The van der Waals surface area contributed by atoms with Crippen molar-refractivity contribution in [3.63, 3.8) is 0 Å². The van der Waals surface area contributed by atoms with E-state index in [1.165, 1.54) is 0 Å². The summed E-state index contributed by atoms with van der Waals surface area (Å²) in [5, 5.41) is 0. The Morgan fingerprint density at radius 1 is 1.00 bits per heavy atom. The van der Waals surface area contributed by atoms with Gasteiger partial charge in [-0.1, -0.05) is 0 Å². The molecule has 1 rings (SSSR count). The fourth-order valence-electron chi connectivity index (χ4n) is 0.248. The van der Waals surface area contributed by atoms with Gasteiger partial charge in [0, 0.05) is 0 Å². The summed E-state index contributed by atoms with van der Waals surface area (Å²) in [6.45, 7) is 0. The number of rotatable bonds is 0. The van der Waals surface area contributed by atoms with Gasteiger partial charge in [-0.3, -0.25) is 0 Å². The molecule has 0 aromatic carbocycles. The summed E-state index contributed by atoms with van der Waals surface area (Å²) < 4.78 is 0. The Morgan fingerprint density at radius 3 is 1.80 bits per heavy atom. The van der Waals surface area contributed by atoms with Gasteiger partial charge >= 0.3 is 37.6 Å². The molecule has 0 nitrogen and oxygen atoms in total. The summed E-state index contributed by atoms with van der Waals surface area (Å²) in [5.74, 6) is 0.